The molecule has 0 atom stereocenters. The summed E-state index contributed by atoms with van der Waals surface area (Å²) in [6.45, 7) is 5.43. The Labute approximate surface area is 146 Å². The predicted molar refractivity (Wildman–Crippen MR) is 94.2 cm³/mol. The Morgan fingerprint density at radius 3 is 2.71 bits per heavy atom. The quantitative estimate of drug-likeness (QED) is 0.739. The molecule has 0 saturated carbocycles. The molecular formula is C16H15N3O3S2. The number of hydrogen-bond donors (Lipinski definition) is 2. The smallest absolute Gasteiger partial charge is 0.293 e. The van der Waals surface area contributed by atoms with Gasteiger partial charge in [-0.3, -0.25) is 9.59 Å². The molecule has 3 rings (SSSR count). The van der Waals surface area contributed by atoms with E-state index < -0.39 is 11.5 Å². The van der Waals surface area contributed by atoms with Crippen molar-refractivity contribution in [2.24, 2.45) is 0 Å². The lowest BCUT2D eigenvalue weighted by molar-refractivity contribution is 0.102. The number of anilines is 1. The molecule has 0 aliphatic carbocycles. The number of thiazole rings is 1. The molecule has 2 N–H and O–H groups in total. The average Bonchev–Trinajstić information content (AvgIpc) is 3.07. The molecule has 0 aliphatic heterocycles. The van der Waals surface area contributed by atoms with Gasteiger partial charge in [0.1, 0.15) is 11.3 Å². The number of carbonyl (C=O) groups is 1. The number of amides is 1. The lowest BCUT2D eigenvalue weighted by atomic mass is 10.2. The van der Waals surface area contributed by atoms with E-state index in [1.807, 2.05) is 37.4 Å². The number of aromatic amines is 1. The lowest BCUT2D eigenvalue weighted by Gasteiger charge is -2.09. The van der Waals surface area contributed by atoms with Gasteiger partial charge in [0, 0.05) is 21.7 Å². The summed E-state index contributed by atoms with van der Waals surface area (Å²) in [6, 6.07) is 5.71. The molecule has 0 unspecified atom stereocenters. The minimum atomic E-state index is -0.533. The van der Waals surface area contributed by atoms with E-state index >= 15 is 0 Å². The zero-order valence-corrected chi connectivity index (χ0v) is 14.9. The number of H-pyrrole nitrogens is 1. The van der Waals surface area contributed by atoms with E-state index in [2.05, 4.69) is 15.5 Å². The molecular weight excluding hydrogens is 346 g/mol. The van der Waals surface area contributed by atoms with Crippen LogP contribution in [0.25, 0.3) is 0 Å². The molecule has 0 fully saturated rings. The molecule has 0 spiro atoms. The van der Waals surface area contributed by atoms with Crippen LogP contribution in [0.1, 0.15) is 27.4 Å². The molecule has 0 saturated heterocycles. The molecule has 0 radical (unpaired) electrons. The van der Waals surface area contributed by atoms with Crippen molar-refractivity contribution in [2.45, 2.75) is 30.0 Å². The van der Waals surface area contributed by atoms with Gasteiger partial charge in [-0.2, -0.15) is 5.16 Å². The van der Waals surface area contributed by atoms with Crippen LogP contribution in [-0.2, 0) is 0 Å². The van der Waals surface area contributed by atoms with E-state index in [1.54, 1.807) is 30.0 Å². The van der Waals surface area contributed by atoms with Crippen molar-refractivity contribution in [3.05, 3.63) is 56.5 Å². The third-order valence-corrected chi connectivity index (χ3v) is 5.40. The van der Waals surface area contributed by atoms with Crippen LogP contribution in [0.2, 0.25) is 0 Å². The van der Waals surface area contributed by atoms with E-state index in [4.69, 9.17) is 4.52 Å². The first kappa shape index (κ1) is 16.5. The maximum atomic E-state index is 12.2. The molecule has 1 aromatic carbocycles. The third kappa shape index (κ3) is 3.44. The summed E-state index contributed by atoms with van der Waals surface area (Å²) in [7, 11) is 0. The number of benzene rings is 1. The van der Waals surface area contributed by atoms with Crippen molar-refractivity contribution in [1.29, 1.82) is 0 Å². The second kappa shape index (κ2) is 6.66. The van der Waals surface area contributed by atoms with E-state index in [-0.39, 0.29) is 11.3 Å². The Hall–Kier alpha value is -2.32. The Kier molecular flexibility index (Phi) is 4.59. The van der Waals surface area contributed by atoms with Crippen molar-refractivity contribution in [3.8, 4) is 0 Å². The van der Waals surface area contributed by atoms with Crippen molar-refractivity contribution in [3.63, 3.8) is 0 Å². The van der Waals surface area contributed by atoms with Crippen LogP contribution in [0, 0.1) is 20.8 Å². The Morgan fingerprint density at radius 1 is 1.33 bits per heavy atom. The molecule has 2 heterocycles. The fourth-order valence-corrected chi connectivity index (χ4v) is 4.06. The van der Waals surface area contributed by atoms with E-state index in [0.29, 0.717) is 5.69 Å². The average molecular weight is 361 g/mol. The van der Waals surface area contributed by atoms with Gasteiger partial charge in [0.25, 0.3) is 11.5 Å². The number of nitrogens with zero attached hydrogens (tertiary/aromatic N) is 1. The van der Waals surface area contributed by atoms with Crippen LogP contribution in [-0.4, -0.2) is 16.0 Å². The minimum Gasteiger partial charge on any atom is -0.383 e. The van der Waals surface area contributed by atoms with Crippen LogP contribution >= 0.6 is 23.1 Å². The van der Waals surface area contributed by atoms with Gasteiger partial charge < -0.3 is 9.84 Å². The number of hydrogen-bond acceptors (Lipinski definition) is 6. The number of aromatic nitrogens is 2. The van der Waals surface area contributed by atoms with Crippen LogP contribution < -0.4 is 10.9 Å². The maximum absolute atomic E-state index is 12.2. The highest BCUT2D eigenvalue weighted by atomic mass is 32.2. The van der Waals surface area contributed by atoms with Gasteiger partial charge in [0.15, 0.2) is 4.34 Å². The van der Waals surface area contributed by atoms with Crippen molar-refractivity contribution < 1.29 is 9.32 Å². The van der Waals surface area contributed by atoms with Gasteiger partial charge in [-0.15, -0.1) is 11.3 Å². The van der Waals surface area contributed by atoms with Gasteiger partial charge in [-0.1, -0.05) is 11.8 Å². The van der Waals surface area contributed by atoms with Crippen LogP contribution in [0.15, 0.2) is 42.1 Å². The van der Waals surface area contributed by atoms with Gasteiger partial charge >= 0.3 is 0 Å². The van der Waals surface area contributed by atoms with Crippen molar-refractivity contribution >= 4 is 34.7 Å². The second-order valence-corrected chi connectivity index (χ2v) is 7.43. The highest BCUT2D eigenvalue weighted by molar-refractivity contribution is 8.01. The van der Waals surface area contributed by atoms with Gasteiger partial charge in [-0.05, 0) is 44.5 Å². The molecule has 6 nitrogen and oxygen atoms in total. The second-order valence-electron chi connectivity index (χ2n) is 5.25. The summed E-state index contributed by atoms with van der Waals surface area (Å²) >= 11 is 3.18. The molecule has 1 amide bonds. The number of nitrogens with one attached hydrogen (secondary N) is 2. The zero-order valence-electron chi connectivity index (χ0n) is 13.3. The van der Waals surface area contributed by atoms with Crippen LogP contribution in [0.4, 0.5) is 5.69 Å². The standard InChI is InChI=1S/C16H15N3O3S2/c1-8-6-11(24-16-17-9(2)7-23-16)4-5-12(8)18-14(20)13-10(3)22-19-15(13)21/h4-7H,1-3H3,(H,18,20)(H,19,21). The van der Waals surface area contributed by atoms with E-state index in [0.717, 1.165) is 20.5 Å². The topological polar surface area (TPSA) is 88.0 Å². The molecule has 0 aliphatic rings. The molecule has 24 heavy (non-hydrogen) atoms. The summed E-state index contributed by atoms with van der Waals surface area (Å²) in [6.07, 6.45) is 0. The Bertz CT molecular complexity index is 956. The highest BCUT2D eigenvalue weighted by Gasteiger charge is 2.18. The summed E-state index contributed by atoms with van der Waals surface area (Å²) in [4.78, 5) is 29.3. The molecule has 3 aromatic rings. The predicted octanol–water partition coefficient (Wildman–Crippen LogP) is 3.75. The minimum absolute atomic E-state index is 0.00823. The largest absolute Gasteiger partial charge is 0.383 e. The summed E-state index contributed by atoms with van der Waals surface area (Å²) in [5, 5.41) is 6.91. The zero-order chi connectivity index (χ0) is 17.3. The molecule has 0 bridgehead atoms. The van der Waals surface area contributed by atoms with Crippen molar-refractivity contribution in [2.75, 3.05) is 5.32 Å². The van der Waals surface area contributed by atoms with Gasteiger partial charge in [0.05, 0.1) is 0 Å². The summed E-state index contributed by atoms with van der Waals surface area (Å²) in [5.41, 5.74) is 2.02. The number of carbonyl (C=O) groups excluding carboxylic acids is 1. The Morgan fingerprint density at radius 2 is 2.12 bits per heavy atom. The third-order valence-electron chi connectivity index (χ3n) is 3.35. The monoisotopic (exact) mass is 361 g/mol. The normalized spacial score (nSPS) is 10.8. The number of rotatable bonds is 4. The first-order chi connectivity index (χ1) is 11.4. The van der Waals surface area contributed by atoms with E-state index in [9.17, 15) is 9.59 Å². The number of aryl methyl sites for hydroxylation is 3. The van der Waals surface area contributed by atoms with Gasteiger partial charge in [0.2, 0.25) is 0 Å². The molecule has 8 heteroatoms. The fraction of sp³-hybridized carbons (Fsp3) is 0.188. The van der Waals surface area contributed by atoms with Crippen molar-refractivity contribution in [1.82, 2.24) is 10.1 Å². The Balaban J connectivity index is 1.78. The SMILES string of the molecule is Cc1csc(Sc2ccc(NC(=O)c3c(C)o[nH]c3=O)c(C)c2)n1. The van der Waals surface area contributed by atoms with Crippen LogP contribution in [0.5, 0.6) is 0 Å². The lowest BCUT2D eigenvalue weighted by Crippen LogP contribution is -2.20. The van der Waals surface area contributed by atoms with Crippen LogP contribution in [0.3, 0.4) is 0 Å². The highest BCUT2D eigenvalue weighted by Crippen LogP contribution is 2.32. The molecule has 124 valence electrons. The van der Waals surface area contributed by atoms with E-state index in [1.165, 1.54) is 0 Å². The maximum Gasteiger partial charge on any atom is 0.293 e. The first-order valence-electron chi connectivity index (χ1n) is 7.14. The summed E-state index contributed by atoms with van der Waals surface area (Å²) < 4.78 is 5.84. The molecule has 2 aromatic heterocycles. The first-order valence-corrected chi connectivity index (χ1v) is 8.83. The summed E-state index contributed by atoms with van der Waals surface area (Å²) in [5.74, 6) is -0.219. The fourth-order valence-electron chi connectivity index (χ4n) is 2.15. The van der Waals surface area contributed by atoms with Gasteiger partial charge in [-0.25, -0.2) is 4.98 Å².